The molecule has 0 aromatic heterocycles. The molecule has 0 heterocycles. The van der Waals surface area contributed by atoms with E-state index >= 15 is 0 Å². The number of anilines is 2. The van der Waals surface area contributed by atoms with Gasteiger partial charge in [-0.2, -0.15) is 0 Å². The number of carbonyl (C=O) groups excluding carboxylic acids is 1. The quantitative estimate of drug-likeness (QED) is 0.622. The standard InChI is InChI=1S/C14H22N2O2/c1-9(2)7-13(14(17)18-4)16-12-6-5-11(15)8-10(12)3/h5-6,8-9,13,16H,7,15H2,1-4H3. The topological polar surface area (TPSA) is 64.3 Å². The van der Waals surface area contributed by atoms with E-state index in [1.807, 2.05) is 25.1 Å². The Bertz CT molecular complexity index is 416. The number of hydrogen-bond donors (Lipinski definition) is 2. The van der Waals surface area contributed by atoms with Crippen molar-refractivity contribution in [3.05, 3.63) is 23.8 Å². The fourth-order valence-electron chi connectivity index (χ4n) is 1.86. The van der Waals surface area contributed by atoms with Crippen LogP contribution < -0.4 is 11.1 Å². The van der Waals surface area contributed by atoms with Crippen LogP contribution in [-0.2, 0) is 9.53 Å². The van der Waals surface area contributed by atoms with Gasteiger partial charge in [-0.15, -0.1) is 0 Å². The highest BCUT2D eigenvalue weighted by atomic mass is 16.5. The van der Waals surface area contributed by atoms with Crippen molar-refractivity contribution in [2.24, 2.45) is 5.92 Å². The second-order valence-corrected chi connectivity index (χ2v) is 4.92. The average Bonchev–Trinajstić information content (AvgIpc) is 2.30. The number of hydrogen-bond acceptors (Lipinski definition) is 4. The van der Waals surface area contributed by atoms with Crippen molar-refractivity contribution in [3.8, 4) is 0 Å². The summed E-state index contributed by atoms with van der Waals surface area (Å²) in [6, 6.07) is 5.27. The molecule has 18 heavy (non-hydrogen) atoms. The van der Waals surface area contributed by atoms with Gasteiger partial charge in [0.05, 0.1) is 7.11 Å². The van der Waals surface area contributed by atoms with E-state index in [9.17, 15) is 4.79 Å². The number of rotatable bonds is 5. The van der Waals surface area contributed by atoms with Crippen molar-refractivity contribution < 1.29 is 9.53 Å². The minimum Gasteiger partial charge on any atom is -0.467 e. The predicted molar refractivity (Wildman–Crippen MR) is 74.5 cm³/mol. The molecule has 0 saturated carbocycles. The summed E-state index contributed by atoms with van der Waals surface area (Å²) in [5.41, 5.74) is 8.36. The Morgan fingerprint density at radius 1 is 1.44 bits per heavy atom. The van der Waals surface area contributed by atoms with Crippen LogP contribution >= 0.6 is 0 Å². The number of nitrogens with two attached hydrogens (primary N) is 1. The Balaban J connectivity index is 2.85. The van der Waals surface area contributed by atoms with Crippen LogP contribution in [0.1, 0.15) is 25.8 Å². The number of carbonyl (C=O) groups is 1. The maximum absolute atomic E-state index is 11.7. The van der Waals surface area contributed by atoms with Crippen LogP contribution in [0.25, 0.3) is 0 Å². The Hall–Kier alpha value is -1.71. The van der Waals surface area contributed by atoms with E-state index in [1.54, 1.807) is 0 Å². The molecule has 4 nitrogen and oxygen atoms in total. The molecule has 1 aromatic rings. The molecule has 0 aliphatic carbocycles. The third-order valence-corrected chi connectivity index (χ3v) is 2.77. The first kappa shape index (κ1) is 14.4. The lowest BCUT2D eigenvalue weighted by Crippen LogP contribution is -2.32. The molecular formula is C14H22N2O2. The van der Waals surface area contributed by atoms with Crippen LogP contribution in [0.4, 0.5) is 11.4 Å². The normalized spacial score (nSPS) is 12.3. The molecule has 0 bridgehead atoms. The summed E-state index contributed by atoms with van der Waals surface area (Å²) in [5, 5.41) is 3.23. The molecular weight excluding hydrogens is 228 g/mol. The van der Waals surface area contributed by atoms with Gasteiger partial charge in [0.15, 0.2) is 0 Å². The highest BCUT2D eigenvalue weighted by molar-refractivity contribution is 5.79. The SMILES string of the molecule is COC(=O)C(CC(C)C)Nc1ccc(N)cc1C. The Labute approximate surface area is 109 Å². The first-order chi connectivity index (χ1) is 8.43. The zero-order valence-electron chi connectivity index (χ0n) is 11.5. The summed E-state index contributed by atoms with van der Waals surface area (Å²) in [5.74, 6) is 0.176. The number of nitrogen functional groups attached to an aromatic ring is 1. The Kier molecular flexibility index (Phi) is 5.01. The predicted octanol–water partition coefficient (Wildman–Crippen LogP) is 2.58. The van der Waals surface area contributed by atoms with Gasteiger partial charge in [-0.3, -0.25) is 0 Å². The molecule has 0 fully saturated rings. The second-order valence-electron chi connectivity index (χ2n) is 4.92. The summed E-state index contributed by atoms with van der Waals surface area (Å²) < 4.78 is 4.82. The molecule has 0 spiro atoms. The van der Waals surface area contributed by atoms with Crippen LogP contribution in [0.3, 0.4) is 0 Å². The molecule has 1 aromatic carbocycles. The van der Waals surface area contributed by atoms with Gasteiger partial charge in [0.25, 0.3) is 0 Å². The Morgan fingerprint density at radius 3 is 2.61 bits per heavy atom. The summed E-state index contributed by atoms with van der Waals surface area (Å²) >= 11 is 0. The average molecular weight is 250 g/mol. The van der Waals surface area contributed by atoms with Crippen molar-refractivity contribution in [2.45, 2.75) is 33.2 Å². The van der Waals surface area contributed by atoms with Crippen molar-refractivity contribution in [1.29, 1.82) is 0 Å². The van der Waals surface area contributed by atoms with E-state index in [2.05, 4.69) is 19.2 Å². The highest BCUT2D eigenvalue weighted by Crippen LogP contribution is 2.20. The van der Waals surface area contributed by atoms with Crippen LogP contribution in [0.5, 0.6) is 0 Å². The van der Waals surface area contributed by atoms with Crippen molar-refractivity contribution in [3.63, 3.8) is 0 Å². The lowest BCUT2D eigenvalue weighted by Gasteiger charge is -2.20. The first-order valence-corrected chi connectivity index (χ1v) is 6.14. The van der Waals surface area contributed by atoms with Crippen molar-refractivity contribution in [1.82, 2.24) is 0 Å². The first-order valence-electron chi connectivity index (χ1n) is 6.14. The third kappa shape index (κ3) is 3.95. The van der Waals surface area contributed by atoms with E-state index < -0.39 is 0 Å². The van der Waals surface area contributed by atoms with Gasteiger partial charge >= 0.3 is 5.97 Å². The summed E-state index contributed by atoms with van der Waals surface area (Å²) in [4.78, 5) is 11.7. The molecule has 0 aliphatic heterocycles. The van der Waals surface area contributed by atoms with Crippen LogP contribution in [0.2, 0.25) is 0 Å². The minimum atomic E-state index is -0.322. The molecule has 3 N–H and O–H groups in total. The maximum Gasteiger partial charge on any atom is 0.328 e. The number of benzene rings is 1. The third-order valence-electron chi connectivity index (χ3n) is 2.77. The van der Waals surface area contributed by atoms with Crippen LogP contribution in [0, 0.1) is 12.8 Å². The van der Waals surface area contributed by atoms with E-state index in [1.165, 1.54) is 7.11 Å². The van der Waals surface area contributed by atoms with Crippen LogP contribution in [0.15, 0.2) is 18.2 Å². The number of methoxy groups -OCH3 is 1. The second kappa shape index (κ2) is 6.28. The number of aryl methyl sites for hydroxylation is 1. The molecule has 0 amide bonds. The lowest BCUT2D eigenvalue weighted by molar-refractivity contribution is -0.141. The van der Waals surface area contributed by atoms with Gasteiger partial charge in [-0.25, -0.2) is 4.79 Å². The molecule has 100 valence electrons. The smallest absolute Gasteiger partial charge is 0.328 e. The maximum atomic E-state index is 11.7. The van der Waals surface area contributed by atoms with Crippen molar-refractivity contribution in [2.75, 3.05) is 18.2 Å². The van der Waals surface area contributed by atoms with Gasteiger partial charge in [-0.05, 0) is 43.0 Å². The van der Waals surface area contributed by atoms with Gasteiger partial charge in [0.2, 0.25) is 0 Å². The minimum absolute atomic E-state index is 0.236. The van der Waals surface area contributed by atoms with Gasteiger partial charge in [0, 0.05) is 11.4 Å². The fraction of sp³-hybridized carbons (Fsp3) is 0.500. The molecule has 0 radical (unpaired) electrons. The zero-order chi connectivity index (χ0) is 13.7. The summed E-state index contributed by atoms with van der Waals surface area (Å²) in [7, 11) is 1.41. The Morgan fingerprint density at radius 2 is 2.11 bits per heavy atom. The van der Waals surface area contributed by atoms with Crippen LogP contribution in [-0.4, -0.2) is 19.1 Å². The molecule has 1 rings (SSSR count). The van der Waals surface area contributed by atoms with E-state index in [-0.39, 0.29) is 12.0 Å². The van der Waals surface area contributed by atoms with Crippen molar-refractivity contribution >= 4 is 17.3 Å². The van der Waals surface area contributed by atoms with E-state index in [4.69, 9.17) is 10.5 Å². The molecule has 4 heteroatoms. The number of ether oxygens (including phenoxy) is 1. The monoisotopic (exact) mass is 250 g/mol. The molecule has 1 atom stereocenters. The van der Waals surface area contributed by atoms with Gasteiger partial charge in [0.1, 0.15) is 6.04 Å². The van der Waals surface area contributed by atoms with Gasteiger partial charge < -0.3 is 15.8 Å². The summed E-state index contributed by atoms with van der Waals surface area (Å²) in [6.07, 6.45) is 0.733. The zero-order valence-corrected chi connectivity index (χ0v) is 11.5. The summed E-state index contributed by atoms with van der Waals surface area (Å²) in [6.45, 7) is 6.11. The molecule has 0 aliphatic rings. The number of esters is 1. The number of nitrogens with one attached hydrogen (secondary N) is 1. The van der Waals surface area contributed by atoms with E-state index in [0.717, 1.165) is 23.4 Å². The largest absolute Gasteiger partial charge is 0.467 e. The molecule has 0 saturated heterocycles. The highest BCUT2D eigenvalue weighted by Gasteiger charge is 2.20. The lowest BCUT2D eigenvalue weighted by atomic mass is 10.0. The van der Waals surface area contributed by atoms with Gasteiger partial charge in [-0.1, -0.05) is 13.8 Å². The van der Waals surface area contributed by atoms with E-state index in [0.29, 0.717) is 5.92 Å². The fourth-order valence-corrected chi connectivity index (χ4v) is 1.86. The molecule has 1 unspecified atom stereocenters.